The van der Waals surface area contributed by atoms with Crippen molar-refractivity contribution >= 4 is 23.2 Å². The number of rotatable bonds is 5. The molecule has 0 saturated heterocycles. The van der Waals surface area contributed by atoms with Gasteiger partial charge in [0.05, 0.1) is 18.3 Å². The van der Waals surface area contributed by atoms with Crippen LogP contribution in [0.3, 0.4) is 0 Å². The molecule has 2 amide bonds. The van der Waals surface area contributed by atoms with E-state index in [9.17, 15) is 22.8 Å². The summed E-state index contributed by atoms with van der Waals surface area (Å²) < 4.78 is 39.9. The Labute approximate surface area is 160 Å². The molecule has 1 heterocycles. The predicted molar refractivity (Wildman–Crippen MR) is 99.5 cm³/mol. The second-order valence-electron chi connectivity index (χ2n) is 6.73. The van der Waals surface area contributed by atoms with Crippen molar-refractivity contribution < 1.29 is 22.8 Å². The molecule has 1 aliphatic heterocycles. The van der Waals surface area contributed by atoms with Crippen LogP contribution in [0.5, 0.6) is 0 Å². The Balaban J connectivity index is 1.63. The summed E-state index contributed by atoms with van der Waals surface area (Å²) in [6.07, 6.45) is 0.772. The minimum absolute atomic E-state index is 0.153. The molecular weight excluding hydrogens is 371 g/mol. The van der Waals surface area contributed by atoms with E-state index in [1.54, 1.807) is 18.9 Å². The van der Waals surface area contributed by atoms with E-state index in [0.717, 1.165) is 29.8 Å². The smallest absolute Gasteiger partial charge is 0.244 e. The van der Waals surface area contributed by atoms with Gasteiger partial charge in [-0.2, -0.15) is 0 Å². The van der Waals surface area contributed by atoms with Crippen molar-refractivity contribution in [2.75, 3.05) is 30.4 Å². The Bertz CT molecular complexity index is 920. The Morgan fingerprint density at radius 3 is 2.61 bits per heavy atom. The average molecular weight is 391 g/mol. The van der Waals surface area contributed by atoms with Crippen LogP contribution in [0.4, 0.5) is 24.5 Å². The minimum atomic E-state index is -1.65. The van der Waals surface area contributed by atoms with Crippen LogP contribution in [0.15, 0.2) is 36.4 Å². The highest BCUT2D eigenvalue weighted by molar-refractivity contribution is 5.99. The lowest BCUT2D eigenvalue weighted by atomic mass is 10.2. The van der Waals surface area contributed by atoms with Gasteiger partial charge < -0.3 is 10.2 Å². The number of anilines is 2. The molecule has 0 spiro atoms. The summed E-state index contributed by atoms with van der Waals surface area (Å²) in [5, 5.41) is 2.20. The summed E-state index contributed by atoms with van der Waals surface area (Å²) in [4.78, 5) is 28.2. The lowest BCUT2D eigenvalue weighted by Crippen LogP contribution is -2.47. The predicted octanol–water partition coefficient (Wildman–Crippen LogP) is 2.95. The molecule has 0 radical (unpaired) electrons. The SMILES string of the molecule is CC(C(=O)N1CCc2ccccc21)N(C)CC(=O)Nc1ccc(F)c(F)c1F. The lowest BCUT2D eigenvalue weighted by Gasteiger charge is -2.28. The van der Waals surface area contributed by atoms with Gasteiger partial charge in [0.2, 0.25) is 11.8 Å². The van der Waals surface area contributed by atoms with E-state index < -0.39 is 35.1 Å². The molecule has 0 fully saturated rings. The maximum absolute atomic E-state index is 13.7. The van der Waals surface area contributed by atoms with Crippen molar-refractivity contribution in [1.82, 2.24) is 4.90 Å². The molecule has 1 unspecified atom stereocenters. The largest absolute Gasteiger partial charge is 0.322 e. The maximum atomic E-state index is 13.7. The van der Waals surface area contributed by atoms with Gasteiger partial charge in [0.1, 0.15) is 0 Å². The highest BCUT2D eigenvalue weighted by atomic mass is 19.2. The molecule has 2 aromatic carbocycles. The first-order valence-electron chi connectivity index (χ1n) is 8.82. The van der Waals surface area contributed by atoms with Crippen LogP contribution < -0.4 is 10.2 Å². The van der Waals surface area contributed by atoms with Gasteiger partial charge in [0.25, 0.3) is 0 Å². The van der Waals surface area contributed by atoms with Crippen LogP contribution in [0.25, 0.3) is 0 Å². The molecular formula is C20H20F3N3O2. The fourth-order valence-corrected chi connectivity index (χ4v) is 3.16. The summed E-state index contributed by atoms with van der Waals surface area (Å²) in [5.41, 5.74) is 1.50. The molecule has 2 aromatic rings. The lowest BCUT2D eigenvalue weighted by molar-refractivity contribution is -0.124. The van der Waals surface area contributed by atoms with E-state index in [1.807, 2.05) is 24.3 Å². The van der Waals surface area contributed by atoms with E-state index in [4.69, 9.17) is 0 Å². The number of para-hydroxylation sites is 1. The first-order chi connectivity index (χ1) is 13.3. The quantitative estimate of drug-likeness (QED) is 0.798. The van der Waals surface area contributed by atoms with Gasteiger partial charge in [-0.1, -0.05) is 18.2 Å². The zero-order valence-corrected chi connectivity index (χ0v) is 15.5. The van der Waals surface area contributed by atoms with Crippen LogP contribution in [-0.4, -0.2) is 42.9 Å². The molecule has 1 atom stereocenters. The van der Waals surface area contributed by atoms with Crippen LogP contribution in [0.2, 0.25) is 0 Å². The van der Waals surface area contributed by atoms with E-state index in [-0.39, 0.29) is 12.5 Å². The van der Waals surface area contributed by atoms with Crippen LogP contribution in [-0.2, 0) is 16.0 Å². The van der Waals surface area contributed by atoms with Gasteiger partial charge in [-0.05, 0) is 44.2 Å². The molecule has 0 aromatic heterocycles. The zero-order valence-electron chi connectivity index (χ0n) is 15.5. The second kappa shape index (κ2) is 8.02. The van der Waals surface area contributed by atoms with E-state index in [0.29, 0.717) is 6.54 Å². The molecule has 1 N–H and O–H groups in total. The molecule has 0 aliphatic carbocycles. The van der Waals surface area contributed by atoms with Crippen molar-refractivity contribution in [3.8, 4) is 0 Å². The van der Waals surface area contributed by atoms with E-state index in [1.165, 1.54) is 4.90 Å². The average Bonchev–Trinajstić information content (AvgIpc) is 3.11. The van der Waals surface area contributed by atoms with Crippen LogP contribution in [0, 0.1) is 17.5 Å². The number of nitrogens with zero attached hydrogens (tertiary/aromatic N) is 2. The summed E-state index contributed by atoms with van der Waals surface area (Å²) in [6.45, 7) is 2.03. The van der Waals surface area contributed by atoms with Gasteiger partial charge in [-0.3, -0.25) is 14.5 Å². The topological polar surface area (TPSA) is 52.7 Å². The fourth-order valence-electron chi connectivity index (χ4n) is 3.16. The summed E-state index contributed by atoms with van der Waals surface area (Å²) in [7, 11) is 1.59. The van der Waals surface area contributed by atoms with Gasteiger partial charge in [0, 0.05) is 12.2 Å². The number of benzene rings is 2. The summed E-state index contributed by atoms with van der Waals surface area (Å²) in [6, 6.07) is 8.71. The van der Waals surface area contributed by atoms with E-state index in [2.05, 4.69) is 5.32 Å². The van der Waals surface area contributed by atoms with E-state index >= 15 is 0 Å². The number of amides is 2. The first kappa shape index (κ1) is 19.9. The highest BCUT2D eigenvalue weighted by Gasteiger charge is 2.30. The Morgan fingerprint density at radius 1 is 1.14 bits per heavy atom. The zero-order chi connectivity index (χ0) is 20.4. The van der Waals surface area contributed by atoms with Gasteiger partial charge in [0.15, 0.2) is 17.5 Å². The third-order valence-corrected chi connectivity index (χ3v) is 4.87. The first-order valence-corrected chi connectivity index (χ1v) is 8.82. The fraction of sp³-hybridized carbons (Fsp3) is 0.300. The molecule has 28 heavy (non-hydrogen) atoms. The maximum Gasteiger partial charge on any atom is 0.244 e. The molecule has 148 valence electrons. The normalized spacial score (nSPS) is 14.1. The minimum Gasteiger partial charge on any atom is -0.322 e. The number of hydrogen-bond donors (Lipinski definition) is 1. The Kier molecular flexibility index (Phi) is 5.69. The number of carbonyl (C=O) groups is 2. The van der Waals surface area contributed by atoms with Crippen molar-refractivity contribution in [3.63, 3.8) is 0 Å². The standard InChI is InChI=1S/C20H20F3N3O2/c1-12(20(28)26-10-9-13-5-3-4-6-16(13)26)25(2)11-17(27)24-15-8-7-14(21)18(22)19(15)23/h3-8,12H,9-11H2,1-2H3,(H,24,27). The van der Waals surface area contributed by atoms with Gasteiger partial charge in [-0.15, -0.1) is 0 Å². The van der Waals surface area contributed by atoms with Crippen LogP contribution in [0.1, 0.15) is 12.5 Å². The number of carbonyl (C=O) groups excluding carboxylic acids is 2. The molecule has 8 heteroatoms. The number of likely N-dealkylation sites (N-methyl/N-ethyl adjacent to an activating group) is 1. The Hall–Kier alpha value is -2.87. The van der Waals surface area contributed by atoms with Crippen molar-refractivity contribution in [2.24, 2.45) is 0 Å². The third kappa shape index (κ3) is 3.87. The monoisotopic (exact) mass is 391 g/mol. The third-order valence-electron chi connectivity index (χ3n) is 4.87. The Morgan fingerprint density at radius 2 is 1.86 bits per heavy atom. The van der Waals surface area contributed by atoms with Crippen molar-refractivity contribution in [3.05, 3.63) is 59.4 Å². The number of halogens is 3. The number of nitrogens with one attached hydrogen (secondary N) is 1. The number of hydrogen-bond acceptors (Lipinski definition) is 3. The summed E-state index contributed by atoms with van der Waals surface area (Å²) in [5.74, 6) is -5.25. The molecule has 5 nitrogen and oxygen atoms in total. The summed E-state index contributed by atoms with van der Waals surface area (Å²) >= 11 is 0. The highest BCUT2D eigenvalue weighted by Crippen LogP contribution is 2.28. The number of fused-ring (bicyclic) bond motifs is 1. The second-order valence-corrected chi connectivity index (χ2v) is 6.73. The van der Waals surface area contributed by atoms with Crippen molar-refractivity contribution in [2.45, 2.75) is 19.4 Å². The molecule has 0 saturated carbocycles. The molecule has 0 bridgehead atoms. The van der Waals surface area contributed by atoms with Crippen LogP contribution >= 0.6 is 0 Å². The molecule has 3 rings (SSSR count). The van der Waals surface area contributed by atoms with Gasteiger partial charge in [-0.25, -0.2) is 13.2 Å². The van der Waals surface area contributed by atoms with Gasteiger partial charge >= 0.3 is 0 Å². The van der Waals surface area contributed by atoms with Crippen molar-refractivity contribution in [1.29, 1.82) is 0 Å². The molecule has 1 aliphatic rings.